The largest absolute Gasteiger partial charge is 0.355 e. The molecule has 0 spiro atoms. The quantitative estimate of drug-likeness (QED) is 0.867. The zero-order valence-electron chi connectivity index (χ0n) is 11.6. The van der Waals surface area contributed by atoms with Crippen LogP contribution in [0.2, 0.25) is 0 Å². The molecule has 108 valence electrons. The van der Waals surface area contributed by atoms with Gasteiger partial charge in [0.25, 0.3) is 0 Å². The van der Waals surface area contributed by atoms with Gasteiger partial charge in [-0.05, 0) is 56.0 Å². The zero-order chi connectivity index (χ0) is 14.0. The van der Waals surface area contributed by atoms with Crippen LogP contribution < -0.4 is 10.6 Å². The van der Waals surface area contributed by atoms with Crippen molar-refractivity contribution < 1.29 is 9.18 Å². The molecule has 1 aromatic carbocycles. The van der Waals surface area contributed by atoms with Gasteiger partial charge in [0.15, 0.2) is 0 Å². The molecule has 0 radical (unpaired) electrons. The minimum absolute atomic E-state index is 0.0241. The Hall–Kier alpha value is -1.42. The number of hydrogen-bond acceptors (Lipinski definition) is 2. The van der Waals surface area contributed by atoms with Crippen molar-refractivity contribution in [1.82, 2.24) is 10.6 Å². The van der Waals surface area contributed by atoms with E-state index in [1.165, 1.54) is 17.7 Å². The first-order valence-electron chi connectivity index (χ1n) is 7.44. The molecule has 1 aromatic rings. The summed E-state index contributed by atoms with van der Waals surface area (Å²) >= 11 is 0. The molecule has 2 saturated heterocycles. The van der Waals surface area contributed by atoms with E-state index in [2.05, 4.69) is 10.6 Å². The number of carbonyl (C=O) groups is 1. The molecule has 1 atom stereocenters. The van der Waals surface area contributed by atoms with E-state index in [1.807, 2.05) is 12.1 Å². The van der Waals surface area contributed by atoms with Crippen molar-refractivity contribution in [3.05, 3.63) is 35.6 Å². The summed E-state index contributed by atoms with van der Waals surface area (Å²) in [5.41, 5.74) is 1.15. The van der Waals surface area contributed by atoms with E-state index in [0.29, 0.717) is 18.9 Å². The fourth-order valence-electron chi connectivity index (χ4n) is 3.76. The molecule has 20 heavy (non-hydrogen) atoms. The maximum Gasteiger partial charge on any atom is 0.220 e. The Morgan fingerprint density at radius 3 is 2.45 bits per heavy atom. The van der Waals surface area contributed by atoms with Crippen LogP contribution in [0.15, 0.2) is 24.3 Å². The molecule has 1 unspecified atom stereocenters. The van der Waals surface area contributed by atoms with Crippen molar-refractivity contribution in [3.63, 3.8) is 0 Å². The van der Waals surface area contributed by atoms with Crippen LogP contribution in [0.1, 0.15) is 31.2 Å². The van der Waals surface area contributed by atoms with Gasteiger partial charge in [0.2, 0.25) is 5.91 Å². The van der Waals surface area contributed by atoms with Gasteiger partial charge in [0.1, 0.15) is 5.82 Å². The molecule has 4 heteroatoms. The minimum atomic E-state index is -0.200. The topological polar surface area (TPSA) is 41.1 Å². The average Bonchev–Trinajstić information content (AvgIpc) is 2.50. The van der Waals surface area contributed by atoms with Crippen LogP contribution in [-0.4, -0.2) is 25.5 Å². The van der Waals surface area contributed by atoms with Gasteiger partial charge >= 0.3 is 0 Å². The lowest BCUT2D eigenvalue weighted by Gasteiger charge is -2.46. The van der Waals surface area contributed by atoms with E-state index in [9.17, 15) is 9.18 Å². The van der Waals surface area contributed by atoms with Gasteiger partial charge in [-0.3, -0.25) is 4.79 Å². The van der Waals surface area contributed by atoms with Crippen molar-refractivity contribution in [1.29, 1.82) is 0 Å². The molecular weight excluding hydrogens is 255 g/mol. The molecule has 1 amide bonds. The highest BCUT2D eigenvalue weighted by Gasteiger charge is 2.43. The predicted molar refractivity (Wildman–Crippen MR) is 75.9 cm³/mol. The minimum Gasteiger partial charge on any atom is -0.355 e. The number of rotatable bonds is 2. The SMILES string of the molecule is O=C1CCC(c2ccc(F)cc2)(C2CCNCC2)CN1. The molecular formula is C16H21FN2O. The molecule has 2 fully saturated rings. The highest BCUT2D eigenvalue weighted by Crippen LogP contribution is 2.42. The molecule has 2 N–H and O–H groups in total. The van der Waals surface area contributed by atoms with E-state index in [0.717, 1.165) is 32.4 Å². The first-order chi connectivity index (χ1) is 9.71. The predicted octanol–water partition coefficient (Wildman–Crippen LogP) is 1.97. The summed E-state index contributed by atoms with van der Waals surface area (Å²) in [4.78, 5) is 11.5. The van der Waals surface area contributed by atoms with E-state index in [-0.39, 0.29) is 17.1 Å². The summed E-state index contributed by atoms with van der Waals surface area (Å²) in [5, 5.41) is 6.42. The second kappa shape index (κ2) is 5.52. The molecule has 0 saturated carbocycles. The Morgan fingerprint density at radius 1 is 1.15 bits per heavy atom. The van der Waals surface area contributed by atoms with Gasteiger partial charge in [-0.2, -0.15) is 0 Å². The second-order valence-electron chi connectivity index (χ2n) is 5.96. The van der Waals surface area contributed by atoms with Crippen molar-refractivity contribution in [2.75, 3.05) is 19.6 Å². The van der Waals surface area contributed by atoms with Gasteiger partial charge in [-0.1, -0.05) is 12.1 Å². The van der Waals surface area contributed by atoms with Crippen LogP contribution in [0.25, 0.3) is 0 Å². The summed E-state index contributed by atoms with van der Waals surface area (Å²) < 4.78 is 13.2. The Morgan fingerprint density at radius 2 is 1.85 bits per heavy atom. The monoisotopic (exact) mass is 276 g/mol. The average molecular weight is 276 g/mol. The Labute approximate surface area is 118 Å². The molecule has 0 aromatic heterocycles. The van der Waals surface area contributed by atoms with Gasteiger partial charge < -0.3 is 10.6 Å². The second-order valence-corrected chi connectivity index (χ2v) is 5.96. The fourth-order valence-corrected chi connectivity index (χ4v) is 3.76. The van der Waals surface area contributed by atoms with Crippen LogP contribution in [0.4, 0.5) is 4.39 Å². The number of piperidine rings is 2. The molecule has 0 aliphatic carbocycles. The number of nitrogens with one attached hydrogen (secondary N) is 2. The van der Waals surface area contributed by atoms with Crippen molar-refractivity contribution in [3.8, 4) is 0 Å². The van der Waals surface area contributed by atoms with Gasteiger partial charge in [-0.25, -0.2) is 4.39 Å². The Bertz CT molecular complexity index is 470. The molecule has 3 rings (SSSR count). The molecule has 0 bridgehead atoms. The number of halogens is 1. The van der Waals surface area contributed by atoms with E-state index < -0.39 is 0 Å². The summed E-state index contributed by atoms with van der Waals surface area (Å²) in [6.45, 7) is 2.74. The smallest absolute Gasteiger partial charge is 0.220 e. The van der Waals surface area contributed by atoms with E-state index in [4.69, 9.17) is 0 Å². The highest BCUT2D eigenvalue weighted by molar-refractivity contribution is 5.77. The molecule has 2 aliphatic heterocycles. The summed E-state index contributed by atoms with van der Waals surface area (Å²) in [6, 6.07) is 6.87. The number of amides is 1. The first-order valence-corrected chi connectivity index (χ1v) is 7.44. The molecule has 2 heterocycles. The number of benzene rings is 1. The molecule has 2 aliphatic rings. The van der Waals surface area contributed by atoms with Crippen LogP contribution in [0.3, 0.4) is 0 Å². The Balaban J connectivity index is 1.93. The van der Waals surface area contributed by atoms with Crippen molar-refractivity contribution in [2.45, 2.75) is 31.1 Å². The number of carbonyl (C=O) groups excluding carboxylic acids is 1. The van der Waals surface area contributed by atoms with Crippen molar-refractivity contribution in [2.24, 2.45) is 5.92 Å². The summed E-state index contributed by atoms with van der Waals surface area (Å²) in [6.07, 6.45) is 3.68. The normalized spacial score (nSPS) is 28.1. The van der Waals surface area contributed by atoms with Crippen LogP contribution in [0.5, 0.6) is 0 Å². The van der Waals surface area contributed by atoms with E-state index >= 15 is 0 Å². The Kier molecular flexibility index (Phi) is 3.74. The first kappa shape index (κ1) is 13.6. The van der Waals surface area contributed by atoms with Crippen LogP contribution in [-0.2, 0) is 10.2 Å². The fraction of sp³-hybridized carbons (Fsp3) is 0.562. The van der Waals surface area contributed by atoms with Crippen molar-refractivity contribution >= 4 is 5.91 Å². The van der Waals surface area contributed by atoms with Gasteiger partial charge in [0.05, 0.1) is 0 Å². The lowest BCUT2D eigenvalue weighted by molar-refractivity contribution is -0.123. The summed E-state index contributed by atoms with van der Waals surface area (Å²) in [5.74, 6) is 0.487. The standard InChI is InChI=1S/C16H21FN2O/c17-14-3-1-12(2-4-14)16(8-5-15(20)19-11-16)13-6-9-18-10-7-13/h1-4,13,18H,5-11H2,(H,19,20). The third-order valence-electron chi connectivity index (χ3n) is 4.94. The van der Waals surface area contributed by atoms with Gasteiger partial charge in [0, 0.05) is 18.4 Å². The summed E-state index contributed by atoms with van der Waals surface area (Å²) in [7, 11) is 0. The maximum atomic E-state index is 13.2. The van der Waals surface area contributed by atoms with Crippen LogP contribution in [0, 0.1) is 11.7 Å². The lowest BCUT2D eigenvalue weighted by Crippen LogP contribution is -2.52. The maximum absolute atomic E-state index is 13.2. The molecule has 3 nitrogen and oxygen atoms in total. The number of hydrogen-bond donors (Lipinski definition) is 2. The lowest BCUT2D eigenvalue weighted by atomic mass is 9.63. The highest BCUT2D eigenvalue weighted by atomic mass is 19.1. The van der Waals surface area contributed by atoms with Gasteiger partial charge in [-0.15, -0.1) is 0 Å². The van der Waals surface area contributed by atoms with E-state index in [1.54, 1.807) is 0 Å². The third kappa shape index (κ3) is 2.44. The third-order valence-corrected chi connectivity index (χ3v) is 4.94. The zero-order valence-corrected chi connectivity index (χ0v) is 11.6. The van der Waals surface area contributed by atoms with Crippen LogP contribution >= 0.6 is 0 Å².